The van der Waals surface area contributed by atoms with E-state index in [1.54, 1.807) is 6.92 Å². The maximum Gasteiger partial charge on any atom is 0.266 e. The number of aryl methyl sites for hydroxylation is 2. The number of hydrogen-bond acceptors (Lipinski definition) is 5. The molecule has 1 aromatic carbocycles. The number of carbonyl (C=O) groups excluding carboxylic acids is 1. The van der Waals surface area contributed by atoms with Crippen molar-refractivity contribution in [2.45, 2.75) is 20.4 Å². The van der Waals surface area contributed by atoms with E-state index in [4.69, 9.17) is 0 Å². The molecule has 0 saturated heterocycles. The Kier molecular flexibility index (Phi) is 5.27. The molecule has 2 N–H and O–H groups in total. The molecule has 3 aromatic rings. The van der Waals surface area contributed by atoms with Gasteiger partial charge >= 0.3 is 0 Å². The molecule has 0 unspecified atom stereocenters. The minimum atomic E-state index is -0.235. The predicted octanol–water partition coefficient (Wildman–Crippen LogP) is 3.68. The average Bonchev–Trinajstić information content (AvgIpc) is 2.87. The molecule has 136 valence electrons. The van der Waals surface area contributed by atoms with Crippen LogP contribution in [0, 0.1) is 13.8 Å². The second-order valence-electron chi connectivity index (χ2n) is 6.40. The number of amides is 1. The minimum absolute atomic E-state index is 0.209. The van der Waals surface area contributed by atoms with Crippen LogP contribution in [0.2, 0.25) is 0 Å². The normalized spacial score (nSPS) is 11.3. The summed E-state index contributed by atoms with van der Waals surface area (Å²) in [5.41, 5.74) is 2.19. The Hall–Kier alpha value is -2.03. The first-order valence-electron chi connectivity index (χ1n) is 8.00. The molecule has 0 aliphatic carbocycles. The molecule has 0 aliphatic heterocycles. The van der Waals surface area contributed by atoms with Gasteiger partial charge < -0.3 is 15.2 Å². The Labute approximate surface area is 163 Å². The Morgan fingerprint density at radius 2 is 2.08 bits per heavy atom. The molecule has 2 heterocycles. The van der Waals surface area contributed by atoms with Crippen molar-refractivity contribution >= 4 is 49.1 Å². The van der Waals surface area contributed by atoms with Crippen LogP contribution in [0.15, 0.2) is 27.5 Å². The number of hydrogen-bond donors (Lipinski definition) is 2. The van der Waals surface area contributed by atoms with Crippen molar-refractivity contribution in [2.75, 3.05) is 19.4 Å². The van der Waals surface area contributed by atoms with Gasteiger partial charge in [0.15, 0.2) is 0 Å². The summed E-state index contributed by atoms with van der Waals surface area (Å²) in [5, 5.41) is 3.38. The van der Waals surface area contributed by atoms with Crippen LogP contribution in [0.3, 0.4) is 0 Å². The van der Waals surface area contributed by atoms with Gasteiger partial charge in [-0.05, 0) is 57.3 Å². The van der Waals surface area contributed by atoms with Gasteiger partial charge in [-0.25, -0.2) is 4.98 Å². The molecule has 0 fully saturated rings. The highest BCUT2D eigenvalue weighted by Gasteiger charge is 2.19. The van der Waals surface area contributed by atoms with E-state index in [1.165, 1.54) is 11.3 Å². The second kappa shape index (κ2) is 7.30. The maximum atomic E-state index is 12.7. The maximum absolute atomic E-state index is 12.7. The van der Waals surface area contributed by atoms with Gasteiger partial charge in [-0.1, -0.05) is 15.9 Å². The van der Waals surface area contributed by atoms with Gasteiger partial charge in [0, 0.05) is 10.2 Å². The SMILES string of the molecule is Cc1cc(NC(=O)c2sc3nc(CN(C)C)[nH]c(=O)c3c2C)ccc1Br. The summed E-state index contributed by atoms with van der Waals surface area (Å²) in [6.45, 7) is 4.27. The molecular formula is C18H19BrN4O2S. The molecule has 3 rings (SSSR count). The fourth-order valence-electron chi connectivity index (χ4n) is 2.69. The number of nitrogens with one attached hydrogen (secondary N) is 2. The molecule has 0 aliphatic rings. The van der Waals surface area contributed by atoms with Gasteiger partial charge in [0.2, 0.25) is 0 Å². The number of thiophene rings is 1. The first kappa shape index (κ1) is 18.8. The van der Waals surface area contributed by atoms with Crippen molar-refractivity contribution in [1.29, 1.82) is 0 Å². The average molecular weight is 435 g/mol. The van der Waals surface area contributed by atoms with Crippen LogP contribution >= 0.6 is 27.3 Å². The summed E-state index contributed by atoms with van der Waals surface area (Å²) in [7, 11) is 3.81. The Morgan fingerprint density at radius 1 is 1.35 bits per heavy atom. The largest absolute Gasteiger partial charge is 0.321 e. The fraction of sp³-hybridized carbons (Fsp3) is 0.278. The van der Waals surface area contributed by atoms with E-state index in [1.807, 2.05) is 44.1 Å². The summed E-state index contributed by atoms with van der Waals surface area (Å²) in [6.07, 6.45) is 0. The first-order chi connectivity index (χ1) is 12.3. The number of aromatic amines is 1. The van der Waals surface area contributed by atoms with Gasteiger partial charge in [0.1, 0.15) is 10.7 Å². The Bertz CT molecular complexity index is 1060. The third kappa shape index (κ3) is 3.72. The van der Waals surface area contributed by atoms with Crippen molar-refractivity contribution in [3.63, 3.8) is 0 Å². The second-order valence-corrected chi connectivity index (χ2v) is 8.26. The molecule has 6 nitrogen and oxygen atoms in total. The van der Waals surface area contributed by atoms with Gasteiger partial charge in [0.05, 0.1) is 16.8 Å². The molecule has 0 saturated carbocycles. The number of benzene rings is 1. The Balaban J connectivity index is 1.97. The quantitative estimate of drug-likeness (QED) is 0.656. The number of rotatable bonds is 4. The summed E-state index contributed by atoms with van der Waals surface area (Å²) >= 11 is 4.69. The van der Waals surface area contributed by atoms with Crippen LogP contribution in [0.1, 0.15) is 26.6 Å². The monoisotopic (exact) mass is 434 g/mol. The van der Waals surface area contributed by atoms with Gasteiger partial charge in [-0.15, -0.1) is 11.3 Å². The summed E-state index contributed by atoms with van der Waals surface area (Å²) in [4.78, 5) is 35.5. The third-order valence-electron chi connectivity index (χ3n) is 3.94. The van der Waals surface area contributed by atoms with E-state index < -0.39 is 0 Å². The number of aromatic nitrogens is 2. The van der Waals surface area contributed by atoms with Crippen LogP contribution in [-0.2, 0) is 6.54 Å². The Morgan fingerprint density at radius 3 is 2.73 bits per heavy atom. The lowest BCUT2D eigenvalue weighted by atomic mass is 10.2. The summed E-state index contributed by atoms with van der Waals surface area (Å²) in [6, 6.07) is 5.62. The topological polar surface area (TPSA) is 78.1 Å². The minimum Gasteiger partial charge on any atom is -0.321 e. The highest BCUT2D eigenvalue weighted by Crippen LogP contribution is 2.28. The molecule has 0 atom stereocenters. The summed E-state index contributed by atoms with van der Waals surface area (Å²) in [5.74, 6) is 0.352. The van der Waals surface area contributed by atoms with Crippen molar-refractivity contribution in [2.24, 2.45) is 0 Å². The molecule has 8 heteroatoms. The van der Waals surface area contributed by atoms with E-state index in [0.717, 1.165) is 10.0 Å². The van der Waals surface area contributed by atoms with Gasteiger partial charge in [-0.2, -0.15) is 0 Å². The lowest BCUT2D eigenvalue weighted by Gasteiger charge is -2.07. The van der Waals surface area contributed by atoms with Gasteiger partial charge in [0.25, 0.3) is 11.5 Å². The highest BCUT2D eigenvalue weighted by molar-refractivity contribution is 9.10. The zero-order valence-electron chi connectivity index (χ0n) is 14.9. The van der Waals surface area contributed by atoms with Crippen LogP contribution in [0.4, 0.5) is 5.69 Å². The fourth-order valence-corrected chi connectivity index (χ4v) is 4.03. The number of H-pyrrole nitrogens is 1. The lowest BCUT2D eigenvalue weighted by molar-refractivity contribution is 0.103. The van der Waals surface area contributed by atoms with E-state index in [2.05, 4.69) is 31.2 Å². The molecule has 1 amide bonds. The molecule has 0 bridgehead atoms. The standard InChI is InChI=1S/C18H19BrN4O2S/c1-9-7-11(5-6-12(9)19)20-17(25)15-10(2)14-16(24)21-13(8-23(3)4)22-18(14)26-15/h5-7H,8H2,1-4H3,(H,20,25)(H,21,22,24). The molecule has 26 heavy (non-hydrogen) atoms. The van der Waals surface area contributed by atoms with E-state index >= 15 is 0 Å². The van der Waals surface area contributed by atoms with Crippen molar-refractivity contribution in [3.8, 4) is 0 Å². The zero-order valence-corrected chi connectivity index (χ0v) is 17.3. The number of fused-ring (bicyclic) bond motifs is 1. The van der Waals surface area contributed by atoms with Crippen molar-refractivity contribution < 1.29 is 4.79 Å². The molecular weight excluding hydrogens is 416 g/mol. The molecule has 0 radical (unpaired) electrons. The number of anilines is 1. The lowest BCUT2D eigenvalue weighted by Crippen LogP contribution is -2.18. The van der Waals surface area contributed by atoms with E-state index in [9.17, 15) is 9.59 Å². The first-order valence-corrected chi connectivity index (χ1v) is 9.61. The molecule has 2 aromatic heterocycles. The number of nitrogens with zero attached hydrogens (tertiary/aromatic N) is 2. The van der Waals surface area contributed by atoms with Crippen LogP contribution < -0.4 is 10.9 Å². The highest BCUT2D eigenvalue weighted by atomic mass is 79.9. The van der Waals surface area contributed by atoms with Crippen molar-refractivity contribution in [3.05, 3.63) is 54.9 Å². The van der Waals surface area contributed by atoms with E-state index in [-0.39, 0.29) is 11.5 Å². The zero-order chi connectivity index (χ0) is 19.0. The third-order valence-corrected chi connectivity index (χ3v) is 6.01. The van der Waals surface area contributed by atoms with Crippen LogP contribution in [0.25, 0.3) is 10.2 Å². The van der Waals surface area contributed by atoms with E-state index in [0.29, 0.717) is 38.7 Å². The predicted molar refractivity (Wildman–Crippen MR) is 109 cm³/mol. The number of halogens is 1. The van der Waals surface area contributed by atoms with Crippen LogP contribution in [-0.4, -0.2) is 34.9 Å². The van der Waals surface area contributed by atoms with Crippen molar-refractivity contribution in [1.82, 2.24) is 14.9 Å². The van der Waals surface area contributed by atoms with Gasteiger partial charge in [-0.3, -0.25) is 9.59 Å². The van der Waals surface area contributed by atoms with Crippen LogP contribution in [0.5, 0.6) is 0 Å². The smallest absolute Gasteiger partial charge is 0.266 e. The molecule has 0 spiro atoms. The number of carbonyl (C=O) groups is 1. The summed E-state index contributed by atoms with van der Waals surface area (Å²) < 4.78 is 0.984.